The first-order chi connectivity index (χ1) is 9.88. The lowest BCUT2D eigenvalue weighted by atomic mass is 10.1. The zero-order valence-corrected chi connectivity index (χ0v) is 10.6. The van der Waals surface area contributed by atoms with Gasteiger partial charge in [0.15, 0.2) is 0 Å². The number of carbonyl (C=O) groups is 1. The number of aromatic nitrogens is 2. The Labute approximate surface area is 117 Å². The minimum atomic E-state index is -4.59. The van der Waals surface area contributed by atoms with E-state index in [1.165, 1.54) is 12.5 Å². The maximum Gasteiger partial charge on any atom is 0.416 e. The molecule has 2 rings (SSSR count). The minimum Gasteiger partial charge on any atom is -0.478 e. The summed E-state index contributed by atoms with van der Waals surface area (Å²) in [5, 5.41) is 11.8. The van der Waals surface area contributed by atoms with Gasteiger partial charge in [0.05, 0.1) is 23.4 Å². The standard InChI is InChI=1S/C13H10F3N3O2/c14-13(15,16)8-1-2-11(10(5-8)12(20)21)18-6-9-3-4-17-7-19-9/h1-5,7,18H,6H2,(H,20,21). The number of carboxylic acids is 1. The molecule has 0 aliphatic rings. The maximum absolute atomic E-state index is 12.6. The molecule has 0 saturated heterocycles. The molecule has 0 aliphatic carbocycles. The average Bonchev–Trinajstić information content (AvgIpc) is 2.45. The van der Waals surface area contributed by atoms with E-state index >= 15 is 0 Å². The summed E-state index contributed by atoms with van der Waals surface area (Å²) in [4.78, 5) is 18.7. The van der Waals surface area contributed by atoms with Gasteiger partial charge in [0.25, 0.3) is 0 Å². The number of benzene rings is 1. The molecule has 8 heteroatoms. The quantitative estimate of drug-likeness (QED) is 0.907. The van der Waals surface area contributed by atoms with Crippen LogP contribution in [-0.4, -0.2) is 21.0 Å². The van der Waals surface area contributed by atoms with Gasteiger partial charge < -0.3 is 10.4 Å². The second kappa shape index (κ2) is 5.78. The molecule has 5 nitrogen and oxygen atoms in total. The van der Waals surface area contributed by atoms with Crippen molar-refractivity contribution >= 4 is 11.7 Å². The van der Waals surface area contributed by atoms with E-state index in [9.17, 15) is 18.0 Å². The molecule has 1 aromatic carbocycles. The Morgan fingerprint density at radius 1 is 1.29 bits per heavy atom. The first kappa shape index (κ1) is 14.8. The van der Waals surface area contributed by atoms with Crippen LogP contribution in [0, 0.1) is 0 Å². The average molecular weight is 297 g/mol. The summed E-state index contributed by atoms with van der Waals surface area (Å²) in [6, 6.07) is 4.13. The smallest absolute Gasteiger partial charge is 0.416 e. The third kappa shape index (κ3) is 3.68. The number of nitrogens with zero attached hydrogens (tertiary/aromatic N) is 2. The fraction of sp³-hybridized carbons (Fsp3) is 0.154. The highest BCUT2D eigenvalue weighted by Crippen LogP contribution is 2.32. The number of rotatable bonds is 4. The van der Waals surface area contributed by atoms with Gasteiger partial charge in [0.1, 0.15) is 6.33 Å². The lowest BCUT2D eigenvalue weighted by Crippen LogP contribution is -2.11. The highest BCUT2D eigenvalue weighted by atomic mass is 19.4. The van der Waals surface area contributed by atoms with E-state index in [0.717, 1.165) is 12.1 Å². The predicted molar refractivity (Wildman–Crippen MR) is 67.8 cm³/mol. The second-order valence-electron chi connectivity index (χ2n) is 4.12. The number of nitrogens with one attached hydrogen (secondary N) is 1. The molecule has 21 heavy (non-hydrogen) atoms. The maximum atomic E-state index is 12.6. The Morgan fingerprint density at radius 2 is 2.05 bits per heavy atom. The number of halogens is 3. The van der Waals surface area contributed by atoms with Crippen molar-refractivity contribution in [2.24, 2.45) is 0 Å². The lowest BCUT2D eigenvalue weighted by molar-refractivity contribution is -0.137. The molecular weight excluding hydrogens is 287 g/mol. The van der Waals surface area contributed by atoms with Crippen molar-refractivity contribution in [1.82, 2.24) is 9.97 Å². The Morgan fingerprint density at radius 3 is 2.62 bits per heavy atom. The van der Waals surface area contributed by atoms with Crippen LogP contribution in [0.4, 0.5) is 18.9 Å². The number of carboxylic acid groups (broad SMARTS) is 1. The molecule has 1 aromatic heterocycles. The van der Waals surface area contributed by atoms with Crippen molar-refractivity contribution in [3.8, 4) is 0 Å². The molecule has 1 heterocycles. The van der Waals surface area contributed by atoms with Gasteiger partial charge in [0, 0.05) is 11.9 Å². The summed E-state index contributed by atoms with van der Waals surface area (Å²) in [5.74, 6) is -1.44. The molecule has 2 aromatic rings. The highest BCUT2D eigenvalue weighted by molar-refractivity contribution is 5.94. The molecule has 0 amide bonds. The van der Waals surface area contributed by atoms with Gasteiger partial charge in [-0.2, -0.15) is 13.2 Å². The second-order valence-corrected chi connectivity index (χ2v) is 4.12. The van der Waals surface area contributed by atoms with Gasteiger partial charge in [0.2, 0.25) is 0 Å². The molecule has 0 aliphatic heterocycles. The van der Waals surface area contributed by atoms with E-state index in [4.69, 9.17) is 5.11 Å². The summed E-state index contributed by atoms with van der Waals surface area (Å²) < 4.78 is 37.8. The third-order valence-corrected chi connectivity index (χ3v) is 2.68. The minimum absolute atomic E-state index is 0.0918. The number of anilines is 1. The monoisotopic (exact) mass is 297 g/mol. The van der Waals surface area contributed by atoms with Crippen LogP contribution >= 0.6 is 0 Å². The van der Waals surface area contributed by atoms with Crippen LogP contribution in [0.3, 0.4) is 0 Å². The summed E-state index contributed by atoms with van der Waals surface area (Å²) in [6.07, 6.45) is -1.76. The van der Waals surface area contributed by atoms with Gasteiger partial charge in [-0.05, 0) is 24.3 Å². The van der Waals surface area contributed by atoms with Gasteiger partial charge >= 0.3 is 12.1 Å². The Balaban J connectivity index is 2.25. The number of aromatic carboxylic acids is 1. The summed E-state index contributed by atoms with van der Waals surface area (Å²) >= 11 is 0. The number of hydrogen-bond donors (Lipinski definition) is 2. The third-order valence-electron chi connectivity index (χ3n) is 2.68. The van der Waals surface area contributed by atoms with Crippen molar-refractivity contribution in [3.05, 3.63) is 53.6 Å². The van der Waals surface area contributed by atoms with Crippen LogP contribution in [0.2, 0.25) is 0 Å². The summed E-state index contributed by atoms with van der Waals surface area (Å²) in [7, 11) is 0. The van der Waals surface area contributed by atoms with Crippen LogP contribution in [-0.2, 0) is 12.7 Å². The molecule has 110 valence electrons. The zero-order valence-electron chi connectivity index (χ0n) is 10.6. The van der Waals surface area contributed by atoms with E-state index in [0.29, 0.717) is 11.8 Å². The fourth-order valence-corrected chi connectivity index (χ4v) is 1.66. The Hall–Kier alpha value is -2.64. The molecule has 0 radical (unpaired) electrons. The van der Waals surface area contributed by atoms with E-state index in [2.05, 4.69) is 15.3 Å². The van der Waals surface area contributed by atoms with E-state index in [1.54, 1.807) is 6.07 Å². The lowest BCUT2D eigenvalue weighted by Gasteiger charge is -2.12. The Bertz CT molecular complexity index is 645. The normalized spacial score (nSPS) is 11.2. The number of hydrogen-bond acceptors (Lipinski definition) is 4. The highest BCUT2D eigenvalue weighted by Gasteiger charge is 2.31. The molecule has 0 spiro atoms. The predicted octanol–water partition coefficient (Wildman–Crippen LogP) is 2.81. The van der Waals surface area contributed by atoms with Gasteiger partial charge in [-0.1, -0.05) is 0 Å². The SMILES string of the molecule is O=C(O)c1cc(C(F)(F)F)ccc1NCc1ccncn1. The topological polar surface area (TPSA) is 75.1 Å². The molecular formula is C13H10F3N3O2. The van der Waals surface area contributed by atoms with Crippen molar-refractivity contribution in [1.29, 1.82) is 0 Å². The summed E-state index contributed by atoms with van der Waals surface area (Å²) in [5.41, 5.74) is -0.776. The molecule has 0 unspecified atom stereocenters. The first-order valence-corrected chi connectivity index (χ1v) is 5.81. The summed E-state index contributed by atoms with van der Waals surface area (Å²) in [6.45, 7) is 0.175. The van der Waals surface area contributed by atoms with Crippen LogP contribution in [0.5, 0.6) is 0 Å². The molecule has 0 bridgehead atoms. The van der Waals surface area contributed by atoms with Gasteiger partial charge in [-0.15, -0.1) is 0 Å². The van der Waals surface area contributed by atoms with E-state index < -0.39 is 23.3 Å². The van der Waals surface area contributed by atoms with E-state index in [1.807, 2.05) is 0 Å². The van der Waals surface area contributed by atoms with Crippen LogP contribution < -0.4 is 5.32 Å². The van der Waals surface area contributed by atoms with Crippen LogP contribution in [0.1, 0.15) is 21.6 Å². The van der Waals surface area contributed by atoms with Gasteiger partial charge in [-0.25, -0.2) is 14.8 Å². The molecule has 0 saturated carbocycles. The fourth-order valence-electron chi connectivity index (χ4n) is 1.66. The van der Waals surface area contributed by atoms with Crippen molar-refractivity contribution in [2.45, 2.75) is 12.7 Å². The van der Waals surface area contributed by atoms with Crippen molar-refractivity contribution in [2.75, 3.05) is 5.32 Å². The molecule has 0 atom stereocenters. The first-order valence-electron chi connectivity index (χ1n) is 5.81. The van der Waals surface area contributed by atoms with Crippen molar-refractivity contribution < 1.29 is 23.1 Å². The van der Waals surface area contributed by atoms with Gasteiger partial charge in [-0.3, -0.25) is 0 Å². The molecule has 2 N–H and O–H groups in total. The Kier molecular flexibility index (Phi) is 4.06. The van der Waals surface area contributed by atoms with Crippen LogP contribution in [0.15, 0.2) is 36.8 Å². The zero-order chi connectivity index (χ0) is 15.5. The molecule has 0 fully saturated rings. The van der Waals surface area contributed by atoms with Crippen molar-refractivity contribution in [3.63, 3.8) is 0 Å². The van der Waals surface area contributed by atoms with E-state index in [-0.39, 0.29) is 12.2 Å². The number of alkyl halides is 3. The van der Waals surface area contributed by atoms with Crippen LogP contribution in [0.25, 0.3) is 0 Å². The largest absolute Gasteiger partial charge is 0.478 e.